The summed E-state index contributed by atoms with van der Waals surface area (Å²) in [6.45, 7) is 0.315. The second kappa shape index (κ2) is 5.35. The first-order chi connectivity index (χ1) is 8.56. The van der Waals surface area contributed by atoms with Crippen LogP contribution < -0.4 is 10.2 Å². The number of nitrogens with one attached hydrogen (secondary N) is 1. The summed E-state index contributed by atoms with van der Waals surface area (Å²) in [6, 6.07) is 5.85. The van der Waals surface area contributed by atoms with Crippen molar-refractivity contribution in [2.75, 3.05) is 18.5 Å². The van der Waals surface area contributed by atoms with Crippen molar-refractivity contribution in [1.29, 1.82) is 0 Å². The fourth-order valence-electron chi connectivity index (χ4n) is 1.83. The molecule has 1 unspecified atom stereocenters. The number of benzene rings is 1. The molecule has 98 valence electrons. The minimum absolute atomic E-state index is 0.315. The number of likely N-dealkylation sites (N-methyl/N-ethyl adjacent to an activating group) is 1. The van der Waals surface area contributed by atoms with Gasteiger partial charge in [0.15, 0.2) is 0 Å². The molecular weight excluding hydrogens is 235 g/mol. The van der Waals surface area contributed by atoms with Crippen LogP contribution in [0.1, 0.15) is 12.8 Å². The summed E-state index contributed by atoms with van der Waals surface area (Å²) in [7, 11) is 1.76. The molecule has 4 nitrogen and oxygen atoms in total. The molecule has 1 aliphatic carbocycles. The van der Waals surface area contributed by atoms with E-state index in [1.807, 2.05) is 0 Å². The third kappa shape index (κ3) is 3.43. The highest BCUT2D eigenvalue weighted by Crippen LogP contribution is 2.20. The van der Waals surface area contributed by atoms with Gasteiger partial charge in [0.1, 0.15) is 11.9 Å². The first-order valence-electron chi connectivity index (χ1n) is 6.02. The van der Waals surface area contributed by atoms with Gasteiger partial charge in [0.2, 0.25) is 0 Å². The lowest BCUT2D eigenvalue weighted by Crippen LogP contribution is -2.46. The van der Waals surface area contributed by atoms with E-state index in [-0.39, 0.29) is 5.82 Å². The molecule has 0 spiro atoms. The lowest BCUT2D eigenvalue weighted by molar-refractivity contribution is -0.139. The van der Waals surface area contributed by atoms with E-state index in [0.717, 1.165) is 12.8 Å². The number of halogens is 1. The summed E-state index contributed by atoms with van der Waals surface area (Å²) in [5.41, 5.74) is 0.679. The molecule has 1 fully saturated rings. The van der Waals surface area contributed by atoms with E-state index in [0.29, 0.717) is 18.3 Å². The Balaban J connectivity index is 1.99. The molecule has 0 radical (unpaired) electrons. The van der Waals surface area contributed by atoms with E-state index >= 15 is 0 Å². The van der Waals surface area contributed by atoms with Crippen LogP contribution in [0.2, 0.25) is 0 Å². The molecule has 1 aliphatic rings. The minimum atomic E-state index is -0.870. The number of anilines is 1. The van der Waals surface area contributed by atoms with Crippen molar-refractivity contribution in [3.63, 3.8) is 0 Å². The lowest BCUT2D eigenvalue weighted by atomic mass is 10.2. The van der Waals surface area contributed by atoms with Gasteiger partial charge in [0.05, 0.1) is 0 Å². The first kappa shape index (κ1) is 12.8. The highest BCUT2D eigenvalue weighted by Gasteiger charge is 2.28. The number of carbonyl (C=O) groups is 1. The van der Waals surface area contributed by atoms with Crippen molar-refractivity contribution in [2.45, 2.75) is 24.9 Å². The molecule has 0 saturated heterocycles. The summed E-state index contributed by atoms with van der Waals surface area (Å²) in [5.74, 6) is -1.19. The Morgan fingerprint density at radius 3 is 2.89 bits per heavy atom. The summed E-state index contributed by atoms with van der Waals surface area (Å²) in [5, 5.41) is 12.2. The average molecular weight is 252 g/mol. The molecule has 2 rings (SSSR count). The largest absolute Gasteiger partial charge is 0.480 e. The van der Waals surface area contributed by atoms with Gasteiger partial charge in [-0.2, -0.15) is 0 Å². The number of hydrogen-bond acceptors (Lipinski definition) is 3. The predicted molar refractivity (Wildman–Crippen MR) is 67.3 cm³/mol. The molecule has 5 heteroatoms. The lowest BCUT2D eigenvalue weighted by Gasteiger charge is -2.24. The molecule has 2 N–H and O–H groups in total. The van der Waals surface area contributed by atoms with Crippen molar-refractivity contribution in [1.82, 2.24) is 5.32 Å². The Bertz CT molecular complexity index is 435. The smallest absolute Gasteiger partial charge is 0.322 e. The fraction of sp³-hybridized carbons (Fsp3) is 0.462. The Morgan fingerprint density at radius 2 is 2.33 bits per heavy atom. The van der Waals surface area contributed by atoms with Gasteiger partial charge in [-0.1, -0.05) is 6.07 Å². The molecule has 0 heterocycles. The van der Waals surface area contributed by atoms with Crippen molar-refractivity contribution >= 4 is 11.7 Å². The summed E-state index contributed by atoms with van der Waals surface area (Å²) >= 11 is 0. The van der Waals surface area contributed by atoms with Crippen LogP contribution in [0, 0.1) is 5.82 Å². The minimum Gasteiger partial charge on any atom is -0.480 e. The average Bonchev–Trinajstić information content (AvgIpc) is 3.12. The Morgan fingerprint density at radius 1 is 1.61 bits per heavy atom. The molecule has 1 aromatic rings. The number of carboxylic acid groups (broad SMARTS) is 1. The monoisotopic (exact) mass is 252 g/mol. The van der Waals surface area contributed by atoms with E-state index in [1.54, 1.807) is 24.1 Å². The van der Waals surface area contributed by atoms with E-state index in [4.69, 9.17) is 5.11 Å². The highest BCUT2D eigenvalue weighted by molar-refractivity contribution is 5.74. The van der Waals surface area contributed by atoms with Gasteiger partial charge in [-0.05, 0) is 31.0 Å². The maximum absolute atomic E-state index is 13.1. The zero-order chi connectivity index (χ0) is 13.1. The van der Waals surface area contributed by atoms with Crippen LogP contribution in [0.4, 0.5) is 10.1 Å². The highest BCUT2D eigenvalue weighted by atomic mass is 19.1. The molecule has 0 aliphatic heterocycles. The van der Waals surface area contributed by atoms with Crippen LogP contribution in [-0.4, -0.2) is 36.8 Å². The quantitative estimate of drug-likeness (QED) is 0.805. The summed E-state index contributed by atoms with van der Waals surface area (Å²) in [6.07, 6.45) is 2.07. The van der Waals surface area contributed by atoms with E-state index < -0.39 is 12.0 Å². The van der Waals surface area contributed by atoms with Gasteiger partial charge in [0.25, 0.3) is 0 Å². The van der Waals surface area contributed by atoms with Crippen LogP contribution in [0.25, 0.3) is 0 Å². The third-order valence-corrected chi connectivity index (χ3v) is 3.02. The summed E-state index contributed by atoms with van der Waals surface area (Å²) in [4.78, 5) is 12.9. The molecule has 0 aromatic heterocycles. The Labute approximate surface area is 105 Å². The topological polar surface area (TPSA) is 52.6 Å². The molecule has 18 heavy (non-hydrogen) atoms. The number of rotatable bonds is 6. The molecule has 1 saturated carbocycles. The third-order valence-electron chi connectivity index (χ3n) is 3.02. The number of hydrogen-bond donors (Lipinski definition) is 2. The number of nitrogens with zero attached hydrogens (tertiary/aromatic N) is 1. The van der Waals surface area contributed by atoms with Crippen molar-refractivity contribution in [2.24, 2.45) is 0 Å². The first-order valence-corrected chi connectivity index (χ1v) is 6.02. The van der Waals surface area contributed by atoms with Crippen LogP contribution >= 0.6 is 0 Å². The molecule has 1 atom stereocenters. The van der Waals surface area contributed by atoms with Gasteiger partial charge in [-0.15, -0.1) is 0 Å². The Hall–Kier alpha value is -1.62. The van der Waals surface area contributed by atoms with Crippen molar-refractivity contribution < 1.29 is 14.3 Å². The molecule has 1 aromatic carbocycles. The van der Waals surface area contributed by atoms with Crippen molar-refractivity contribution in [3.05, 3.63) is 30.1 Å². The fourth-order valence-corrected chi connectivity index (χ4v) is 1.83. The maximum atomic E-state index is 13.1. The number of aliphatic carboxylic acids is 1. The zero-order valence-corrected chi connectivity index (χ0v) is 10.3. The molecule has 0 amide bonds. The van der Waals surface area contributed by atoms with Gasteiger partial charge >= 0.3 is 5.97 Å². The number of carboxylic acids is 1. The maximum Gasteiger partial charge on any atom is 0.322 e. The van der Waals surface area contributed by atoms with Gasteiger partial charge in [0, 0.05) is 25.3 Å². The normalized spacial score (nSPS) is 16.3. The van der Waals surface area contributed by atoms with Crippen LogP contribution in [0.5, 0.6) is 0 Å². The standard InChI is InChI=1S/C13H17FN2O2/c1-16(11-4-2-3-9(14)7-11)8-12(13(17)18)15-10-5-6-10/h2-4,7,10,12,15H,5-6,8H2,1H3,(H,17,18). The zero-order valence-electron chi connectivity index (χ0n) is 10.3. The van der Waals surface area contributed by atoms with Crippen LogP contribution in [0.3, 0.4) is 0 Å². The van der Waals surface area contributed by atoms with Crippen LogP contribution in [-0.2, 0) is 4.79 Å². The summed E-state index contributed by atoms with van der Waals surface area (Å²) < 4.78 is 13.1. The van der Waals surface area contributed by atoms with E-state index in [9.17, 15) is 9.18 Å². The Kier molecular flexibility index (Phi) is 3.81. The van der Waals surface area contributed by atoms with E-state index in [2.05, 4.69) is 5.32 Å². The molecular formula is C13H17FN2O2. The van der Waals surface area contributed by atoms with Crippen molar-refractivity contribution in [3.8, 4) is 0 Å². The predicted octanol–water partition coefficient (Wildman–Crippen LogP) is 1.47. The molecule has 0 bridgehead atoms. The second-order valence-corrected chi connectivity index (χ2v) is 4.69. The SMILES string of the molecule is CN(CC(NC1CC1)C(=O)O)c1cccc(F)c1. The van der Waals surface area contributed by atoms with E-state index in [1.165, 1.54) is 12.1 Å². The van der Waals surface area contributed by atoms with Crippen LogP contribution in [0.15, 0.2) is 24.3 Å². The second-order valence-electron chi connectivity index (χ2n) is 4.69. The van der Waals surface area contributed by atoms with Gasteiger partial charge in [-0.25, -0.2) is 4.39 Å². The van der Waals surface area contributed by atoms with Gasteiger partial charge in [-0.3, -0.25) is 4.79 Å². The van der Waals surface area contributed by atoms with Gasteiger partial charge < -0.3 is 15.3 Å².